The average Bonchev–Trinajstić information content (AvgIpc) is 3.01. The van der Waals surface area contributed by atoms with E-state index in [-0.39, 0.29) is 11.5 Å². The van der Waals surface area contributed by atoms with E-state index in [0.29, 0.717) is 0 Å². The Hall–Kier alpha value is -2.49. The van der Waals surface area contributed by atoms with Gasteiger partial charge in [-0.3, -0.25) is 9.36 Å². The maximum atomic E-state index is 13.8. The van der Waals surface area contributed by atoms with Gasteiger partial charge in [0.05, 0.1) is 5.52 Å². The van der Waals surface area contributed by atoms with Crippen LogP contribution in [-0.2, 0) is 12.8 Å². The van der Waals surface area contributed by atoms with Crippen molar-refractivity contribution < 1.29 is 13.6 Å². The van der Waals surface area contributed by atoms with Crippen molar-refractivity contribution in [2.24, 2.45) is 0 Å². The van der Waals surface area contributed by atoms with Crippen LogP contribution >= 0.6 is 0 Å². The van der Waals surface area contributed by atoms with Crippen molar-refractivity contribution in [1.82, 2.24) is 4.57 Å². The summed E-state index contributed by atoms with van der Waals surface area (Å²) in [6.45, 7) is 4.33. The van der Waals surface area contributed by atoms with Crippen molar-refractivity contribution in [2.45, 2.75) is 65.2 Å². The number of unbranched alkanes of at least 4 members (excludes halogenated alkanes) is 4. The van der Waals surface area contributed by atoms with Gasteiger partial charge in [0.15, 0.2) is 0 Å². The summed E-state index contributed by atoms with van der Waals surface area (Å²) < 4.78 is 29.2. The number of aryl methyl sites for hydroxylation is 1. The number of hydrogen-bond donors (Lipinski definition) is 0. The van der Waals surface area contributed by atoms with Crippen molar-refractivity contribution in [3.63, 3.8) is 0 Å². The molecule has 29 heavy (non-hydrogen) atoms. The fourth-order valence-electron chi connectivity index (χ4n) is 4.03. The molecule has 0 N–H and O–H groups in total. The molecule has 0 radical (unpaired) electrons. The number of halogens is 2. The van der Waals surface area contributed by atoms with Crippen LogP contribution < -0.4 is 0 Å². The number of benzene rings is 2. The highest BCUT2D eigenvalue weighted by atomic mass is 19.1. The van der Waals surface area contributed by atoms with Crippen LogP contribution in [0.2, 0.25) is 0 Å². The van der Waals surface area contributed by atoms with E-state index >= 15 is 0 Å². The normalized spacial score (nSPS) is 11.3. The van der Waals surface area contributed by atoms with E-state index in [0.717, 1.165) is 86.2 Å². The Morgan fingerprint density at radius 1 is 0.862 bits per heavy atom. The molecule has 0 aliphatic rings. The predicted molar refractivity (Wildman–Crippen MR) is 114 cm³/mol. The minimum absolute atomic E-state index is 0.0418. The first kappa shape index (κ1) is 21.2. The Morgan fingerprint density at radius 2 is 1.48 bits per heavy atom. The zero-order chi connectivity index (χ0) is 20.8. The van der Waals surface area contributed by atoms with Crippen molar-refractivity contribution in [3.05, 3.63) is 70.9 Å². The number of para-hydroxylation sites is 1. The Kier molecular flexibility index (Phi) is 7.18. The first-order chi connectivity index (χ1) is 14.1. The summed E-state index contributed by atoms with van der Waals surface area (Å²) in [5.74, 6) is -1.84. The topological polar surface area (TPSA) is 22.0 Å². The number of aromatic nitrogens is 1. The zero-order valence-electron chi connectivity index (χ0n) is 17.3. The minimum atomic E-state index is -0.736. The molecule has 4 heteroatoms. The maximum Gasteiger partial charge on any atom is 0.262 e. The number of hydrogen-bond acceptors (Lipinski definition) is 1. The second kappa shape index (κ2) is 9.82. The SMILES string of the molecule is CCCCCc1c(CCCCC)n(C(=O)c2cc(F)cc(F)c2)c2ccccc12. The summed E-state index contributed by atoms with van der Waals surface area (Å²) >= 11 is 0. The molecule has 2 nitrogen and oxygen atoms in total. The summed E-state index contributed by atoms with van der Waals surface area (Å²) in [6, 6.07) is 10.9. The van der Waals surface area contributed by atoms with E-state index in [1.54, 1.807) is 4.57 Å². The van der Waals surface area contributed by atoms with Crippen molar-refractivity contribution in [2.75, 3.05) is 0 Å². The van der Waals surface area contributed by atoms with Crippen molar-refractivity contribution in [1.29, 1.82) is 0 Å². The number of rotatable bonds is 9. The molecule has 0 saturated heterocycles. The lowest BCUT2D eigenvalue weighted by molar-refractivity contribution is 0.0961. The molecule has 0 fully saturated rings. The fourth-order valence-corrected chi connectivity index (χ4v) is 4.03. The first-order valence-electron chi connectivity index (χ1n) is 10.7. The maximum absolute atomic E-state index is 13.8. The lowest BCUT2D eigenvalue weighted by atomic mass is 10.0. The van der Waals surface area contributed by atoms with Gasteiger partial charge in [-0.05, 0) is 49.4 Å². The molecule has 0 aliphatic heterocycles. The number of nitrogens with zero attached hydrogens (tertiary/aromatic N) is 1. The van der Waals surface area contributed by atoms with E-state index < -0.39 is 11.6 Å². The predicted octanol–water partition coefficient (Wildman–Crippen LogP) is 7.07. The van der Waals surface area contributed by atoms with Crippen LogP contribution in [0.25, 0.3) is 10.9 Å². The quantitative estimate of drug-likeness (QED) is 0.354. The molecular formula is C25H29F2NO. The van der Waals surface area contributed by atoms with Gasteiger partial charge in [-0.25, -0.2) is 8.78 Å². The number of carbonyl (C=O) groups is 1. The Labute approximate surface area is 171 Å². The molecule has 0 atom stereocenters. The molecule has 0 bridgehead atoms. The second-order valence-corrected chi connectivity index (χ2v) is 7.66. The number of fused-ring (bicyclic) bond motifs is 1. The van der Waals surface area contributed by atoms with Crippen LogP contribution in [0.5, 0.6) is 0 Å². The van der Waals surface area contributed by atoms with Gasteiger partial charge in [0.1, 0.15) is 11.6 Å². The molecular weight excluding hydrogens is 368 g/mol. The monoisotopic (exact) mass is 397 g/mol. The summed E-state index contributed by atoms with van der Waals surface area (Å²) in [6.07, 6.45) is 8.18. The van der Waals surface area contributed by atoms with E-state index in [4.69, 9.17) is 0 Å². The fraction of sp³-hybridized carbons (Fsp3) is 0.400. The van der Waals surface area contributed by atoms with Crippen LogP contribution in [0, 0.1) is 11.6 Å². The Bertz CT molecular complexity index is 970. The molecule has 0 spiro atoms. The summed E-state index contributed by atoms with van der Waals surface area (Å²) in [5, 5.41) is 1.07. The molecule has 0 amide bonds. The number of carbonyl (C=O) groups excluding carboxylic acids is 1. The third-order valence-corrected chi connectivity index (χ3v) is 5.45. The van der Waals surface area contributed by atoms with Crippen LogP contribution in [-0.4, -0.2) is 10.5 Å². The van der Waals surface area contributed by atoms with Gasteiger partial charge in [-0.15, -0.1) is 0 Å². The largest absolute Gasteiger partial charge is 0.280 e. The van der Waals surface area contributed by atoms with E-state index in [1.807, 2.05) is 18.2 Å². The zero-order valence-corrected chi connectivity index (χ0v) is 17.3. The van der Waals surface area contributed by atoms with Gasteiger partial charge < -0.3 is 0 Å². The molecule has 1 heterocycles. The molecule has 1 aromatic heterocycles. The molecule has 3 rings (SSSR count). The van der Waals surface area contributed by atoms with Gasteiger partial charge >= 0.3 is 0 Å². The average molecular weight is 398 g/mol. The molecule has 3 aromatic rings. The summed E-state index contributed by atoms with van der Waals surface area (Å²) in [7, 11) is 0. The van der Waals surface area contributed by atoms with Gasteiger partial charge in [0.25, 0.3) is 5.91 Å². The van der Waals surface area contributed by atoms with E-state index in [2.05, 4.69) is 19.9 Å². The molecule has 154 valence electrons. The molecule has 0 aliphatic carbocycles. The highest BCUT2D eigenvalue weighted by Gasteiger charge is 2.22. The van der Waals surface area contributed by atoms with Crippen LogP contribution in [0.15, 0.2) is 42.5 Å². The lowest BCUT2D eigenvalue weighted by Crippen LogP contribution is -2.16. The van der Waals surface area contributed by atoms with Gasteiger partial charge in [-0.2, -0.15) is 0 Å². The highest BCUT2D eigenvalue weighted by Crippen LogP contribution is 2.30. The summed E-state index contributed by atoms with van der Waals surface area (Å²) in [5.41, 5.74) is 3.06. The minimum Gasteiger partial charge on any atom is -0.280 e. The first-order valence-corrected chi connectivity index (χ1v) is 10.7. The molecule has 0 saturated carbocycles. The lowest BCUT2D eigenvalue weighted by Gasteiger charge is -2.12. The van der Waals surface area contributed by atoms with Gasteiger partial charge in [0.2, 0.25) is 0 Å². The Balaban J connectivity index is 2.14. The standard InChI is InChI=1S/C25H29F2NO/c1-3-5-7-11-21-22-12-9-10-14-24(22)28(23(21)13-8-6-4-2)25(29)18-15-19(26)17-20(27)16-18/h9-10,12,14-17H,3-8,11,13H2,1-2H3. The van der Waals surface area contributed by atoms with Gasteiger partial charge in [-0.1, -0.05) is 57.7 Å². The third kappa shape index (κ3) is 4.75. The van der Waals surface area contributed by atoms with Gasteiger partial charge in [0, 0.05) is 22.7 Å². The van der Waals surface area contributed by atoms with Crippen LogP contribution in [0.1, 0.15) is 74.0 Å². The third-order valence-electron chi connectivity index (χ3n) is 5.45. The summed E-state index contributed by atoms with van der Waals surface area (Å²) in [4.78, 5) is 13.4. The highest BCUT2D eigenvalue weighted by molar-refractivity contribution is 6.04. The van der Waals surface area contributed by atoms with Crippen molar-refractivity contribution >= 4 is 16.8 Å². The van der Waals surface area contributed by atoms with E-state index in [9.17, 15) is 13.6 Å². The van der Waals surface area contributed by atoms with Crippen molar-refractivity contribution in [3.8, 4) is 0 Å². The Morgan fingerprint density at radius 3 is 2.14 bits per heavy atom. The van der Waals surface area contributed by atoms with Crippen LogP contribution in [0.4, 0.5) is 8.78 Å². The second-order valence-electron chi connectivity index (χ2n) is 7.66. The van der Waals surface area contributed by atoms with Crippen LogP contribution in [0.3, 0.4) is 0 Å². The molecule has 0 unspecified atom stereocenters. The van der Waals surface area contributed by atoms with E-state index in [1.165, 1.54) is 5.56 Å². The molecule has 2 aromatic carbocycles. The smallest absolute Gasteiger partial charge is 0.262 e.